The molecular formula is C21H28ClN3O3+2. The van der Waals surface area contributed by atoms with E-state index >= 15 is 0 Å². The molecule has 3 rings (SSSR count). The molecule has 0 saturated carbocycles. The van der Waals surface area contributed by atoms with Gasteiger partial charge in [-0.25, -0.2) is 0 Å². The van der Waals surface area contributed by atoms with Gasteiger partial charge in [-0.15, -0.1) is 0 Å². The summed E-state index contributed by atoms with van der Waals surface area (Å²) in [4.78, 5) is 15.3. The molecule has 0 atom stereocenters. The van der Waals surface area contributed by atoms with E-state index in [2.05, 4.69) is 11.4 Å². The van der Waals surface area contributed by atoms with E-state index in [1.165, 1.54) is 15.4 Å². The fourth-order valence-electron chi connectivity index (χ4n) is 3.59. The highest BCUT2D eigenvalue weighted by molar-refractivity contribution is 6.30. The minimum atomic E-state index is 0.0144. The molecule has 0 radical (unpaired) electrons. The Morgan fingerprint density at radius 3 is 2.39 bits per heavy atom. The number of hydrogen-bond donors (Lipinski definition) is 3. The zero-order chi connectivity index (χ0) is 19.9. The largest absolute Gasteiger partial charge is 0.493 e. The Hall–Kier alpha value is -2.28. The number of halogens is 1. The molecule has 0 unspecified atom stereocenters. The van der Waals surface area contributed by atoms with E-state index in [0.717, 1.165) is 37.7 Å². The molecule has 2 aromatic carbocycles. The maximum atomic E-state index is 12.4. The lowest BCUT2D eigenvalue weighted by Crippen LogP contribution is -3.28. The summed E-state index contributed by atoms with van der Waals surface area (Å²) in [5.74, 6) is 1.26. The van der Waals surface area contributed by atoms with Gasteiger partial charge in [0.15, 0.2) is 18.0 Å². The van der Waals surface area contributed by atoms with Crippen LogP contribution in [0.2, 0.25) is 5.02 Å². The first-order valence-electron chi connectivity index (χ1n) is 9.51. The summed E-state index contributed by atoms with van der Waals surface area (Å²) in [6.45, 7) is 5.51. The Kier molecular flexibility index (Phi) is 7.14. The molecule has 1 aliphatic heterocycles. The van der Waals surface area contributed by atoms with Gasteiger partial charge in [-0.2, -0.15) is 0 Å². The number of nitrogens with one attached hydrogen (secondary N) is 3. The predicted molar refractivity (Wildman–Crippen MR) is 110 cm³/mol. The molecule has 1 fully saturated rings. The highest BCUT2D eigenvalue weighted by Gasteiger charge is 2.25. The molecule has 0 spiro atoms. The van der Waals surface area contributed by atoms with Crippen LogP contribution < -0.4 is 24.6 Å². The van der Waals surface area contributed by atoms with Crippen LogP contribution >= 0.6 is 11.6 Å². The molecule has 1 saturated heterocycles. The lowest BCUT2D eigenvalue weighted by Gasteiger charge is -2.29. The van der Waals surface area contributed by atoms with Crippen molar-refractivity contribution in [3.63, 3.8) is 0 Å². The van der Waals surface area contributed by atoms with Crippen molar-refractivity contribution in [2.75, 3.05) is 52.3 Å². The van der Waals surface area contributed by atoms with E-state index in [1.807, 2.05) is 24.3 Å². The summed E-state index contributed by atoms with van der Waals surface area (Å²) in [6.07, 6.45) is 0. The van der Waals surface area contributed by atoms with Crippen LogP contribution in [0.25, 0.3) is 0 Å². The number of methoxy groups -OCH3 is 2. The van der Waals surface area contributed by atoms with E-state index < -0.39 is 0 Å². The van der Waals surface area contributed by atoms with E-state index in [1.54, 1.807) is 26.4 Å². The Morgan fingerprint density at radius 2 is 1.71 bits per heavy atom. The molecule has 0 bridgehead atoms. The maximum absolute atomic E-state index is 12.4. The van der Waals surface area contributed by atoms with Gasteiger partial charge in [0.2, 0.25) is 0 Å². The zero-order valence-corrected chi connectivity index (χ0v) is 17.1. The highest BCUT2D eigenvalue weighted by Crippen LogP contribution is 2.29. The molecule has 28 heavy (non-hydrogen) atoms. The number of ether oxygens (including phenoxy) is 2. The Bertz CT molecular complexity index is 807. The van der Waals surface area contributed by atoms with Crippen molar-refractivity contribution in [1.29, 1.82) is 0 Å². The smallest absolute Gasteiger partial charge is 0.279 e. The number of carbonyl (C=O) groups is 1. The zero-order valence-electron chi connectivity index (χ0n) is 16.4. The van der Waals surface area contributed by atoms with Gasteiger partial charge < -0.3 is 24.6 Å². The van der Waals surface area contributed by atoms with Crippen LogP contribution in [0.3, 0.4) is 0 Å². The third-order valence-electron chi connectivity index (χ3n) is 5.09. The molecule has 0 aliphatic carbocycles. The van der Waals surface area contributed by atoms with Gasteiger partial charge in [-0.3, -0.25) is 4.79 Å². The minimum absolute atomic E-state index is 0.0144. The van der Waals surface area contributed by atoms with Crippen LogP contribution in [0.5, 0.6) is 11.5 Å². The average Bonchev–Trinajstić information content (AvgIpc) is 2.69. The highest BCUT2D eigenvalue weighted by atomic mass is 35.5. The van der Waals surface area contributed by atoms with Gasteiger partial charge in [0.25, 0.3) is 5.91 Å². The second-order valence-corrected chi connectivity index (χ2v) is 7.54. The summed E-state index contributed by atoms with van der Waals surface area (Å²) >= 11 is 6.07. The summed E-state index contributed by atoms with van der Waals surface area (Å²) < 4.78 is 10.5. The second-order valence-electron chi connectivity index (χ2n) is 7.10. The monoisotopic (exact) mass is 405 g/mol. The minimum Gasteiger partial charge on any atom is -0.493 e. The van der Waals surface area contributed by atoms with Crippen LogP contribution in [0.1, 0.15) is 5.56 Å². The average molecular weight is 406 g/mol. The van der Waals surface area contributed by atoms with E-state index in [4.69, 9.17) is 21.1 Å². The Labute approximate surface area is 171 Å². The van der Waals surface area contributed by atoms with Crippen LogP contribution in [0.15, 0.2) is 42.5 Å². The van der Waals surface area contributed by atoms with Gasteiger partial charge in [-0.05, 0) is 24.3 Å². The number of anilines is 1. The molecule has 1 aliphatic rings. The molecule has 3 N–H and O–H groups in total. The van der Waals surface area contributed by atoms with E-state index in [9.17, 15) is 4.79 Å². The van der Waals surface area contributed by atoms with Gasteiger partial charge in [0.05, 0.1) is 14.2 Å². The third-order valence-corrected chi connectivity index (χ3v) is 5.32. The topological polar surface area (TPSA) is 56.4 Å². The fraction of sp³-hybridized carbons (Fsp3) is 0.381. The van der Waals surface area contributed by atoms with Crippen molar-refractivity contribution >= 4 is 23.2 Å². The van der Waals surface area contributed by atoms with Crippen molar-refractivity contribution in [3.05, 3.63) is 53.1 Å². The number of quaternary nitrogens is 2. The van der Waals surface area contributed by atoms with Crippen LogP contribution in [-0.2, 0) is 11.3 Å². The first-order valence-corrected chi connectivity index (χ1v) is 9.88. The first-order chi connectivity index (χ1) is 13.6. The standard InChI is InChI=1S/C21H26ClN3O3/c1-27-19-7-6-18(13-20(19)28-2)23-21(26)15-25-10-8-24(9-11-25)14-16-4-3-5-17(22)12-16/h3-7,12-13H,8-11,14-15H2,1-2H3,(H,23,26)/p+2. The number of piperazine rings is 1. The van der Waals surface area contributed by atoms with Gasteiger partial charge in [-0.1, -0.05) is 23.7 Å². The molecule has 150 valence electrons. The lowest BCUT2D eigenvalue weighted by molar-refractivity contribution is -1.02. The van der Waals surface area contributed by atoms with Crippen molar-refractivity contribution in [3.8, 4) is 11.5 Å². The number of carbonyl (C=O) groups excluding carboxylic acids is 1. The quantitative estimate of drug-likeness (QED) is 0.620. The van der Waals surface area contributed by atoms with Gasteiger partial charge in [0.1, 0.15) is 32.7 Å². The van der Waals surface area contributed by atoms with Crippen LogP contribution in [-0.4, -0.2) is 52.9 Å². The normalized spacial score (nSPS) is 19.1. The summed E-state index contributed by atoms with van der Waals surface area (Å²) in [7, 11) is 3.17. The van der Waals surface area contributed by atoms with Crippen molar-refractivity contribution in [2.45, 2.75) is 6.54 Å². The fourth-order valence-corrected chi connectivity index (χ4v) is 3.81. The first kappa shape index (κ1) is 20.5. The van der Waals surface area contributed by atoms with Crippen LogP contribution in [0, 0.1) is 0 Å². The van der Waals surface area contributed by atoms with Crippen molar-refractivity contribution in [2.24, 2.45) is 0 Å². The van der Waals surface area contributed by atoms with E-state index in [0.29, 0.717) is 23.7 Å². The van der Waals surface area contributed by atoms with Gasteiger partial charge >= 0.3 is 0 Å². The molecule has 7 heteroatoms. The molecule has 1 amide bonds. The van der Waals surface area contributed by atoms with Crippen LogP contribution in [0.4, 0.5) is 5.69 Å². The number of amides is 1. The Balaban J connectivity index is 1.46. The number of benzene rings is 2. The molecular weight excluding hydrogens is 378 g/mol. The second kappa shape index (κ2) is 9.78. The lowest BCUT2D eigenvalue weighted by atomic mass is 10.2. The third kappa shape index (κ3) is 5.61. The molecule has 1 heterocycles. The van der Waals surface area contributed by atoms with Crippen molar-refractivity contribution < 1.29 is 24.1 Å². The van der Waals surface area contributed by atoms with Gasteiger partial charge in [0, 0.05) is 22.3 Å². The SMILES string of the molecule is COc1ccc(NC(=O)C[NH+]2CC[NH+](Cc3cccc(Cl)c3)CC2)cc1OC. The molecule has 6 nitrogen and oxygen atoms in total. The summed E-state index contributed by atoms with van der Waals surface area (Å²) in [5, 5.41) is 3.74. The van der Waals surface area contributed by atoms with Crippen molar-refractivity contribution in [1.82, 2.24) is 0 Å². The maximum Gasteiger partial charge on any atom is 0.279 e. The Morgan fingerprint density at radius 1 is 1.00 bits per heavy atom. The molecule has 0 aromatic heterocycles. The summed E-state index contributed by atoms with van der Waals surface area (Å²) in [5.41, 5.74) is 1.98. The number of hydrogen-bond acceptors (Lipinski definition) is 3. The molecule has 2 aromatic rings. The number of rotatable bonds is 7. The predicted octanol–water partition coefficient (Wildman–Crippen LogP) is 0.279. The summed E-state index contributed by atoms with van der Waals surface area (Å²) in [6, 6.07) is 13.4. The van der Waals surface area contributed by atoms with E-state index in [-0.39, 0.29) is 5.91 Å².